The Hall–Kier alpha value is -0.900. The molecule has 0 saturated carbocycles. The third-order valence-corrected chi connectivity index (χ3v) is 4.11. The number of benzene rings is 2. The minimum atomic E-state index is -0.287. The summed E-state index contributed by atoms with van der Waals surface area (Å²) in [7, 11) is 0. The molecule has 0 radical (unpaired) electrons. The number of nitrogen functional groups attached to an aromatic ring is 1. The predicted octanol–water partition coefficient (Wildman–Crippen LogP) is 5.01. The maximum atomic E-state index is 13.1. The lowest BCUT2D eigenvalue weighted by Gasteiger charge is -2.06. The van der Waals surface area contributed by atoms with E-state index in [-0.39, 0.29) is 5.82 Å². The van der Waals surface area contributed by atoms with Gasteiger partial charge in [0.15, 0.2) is 0 Å². The molecule has 2 N–H and O–H groups in total. The van der Waals surface area contributed by atoms with Gasteiger partial charge in [-0.2, -0.15) is 0 Å². The molecule has 94 valence electrons. The van der Waals surface area contributed by atoms with Crippen LogP contribution in [0.1, 0.15) is 5.56 Å². The van der Waals surface area contributed by atoms with E-state index in [1.165, 1.54) is 23.9 Å². The Bertz CT molecular complexity index is 575. The van der Waals surface area contributed by atoms with Crippen LogP contribution in [0, 0.1) is 5.82 Å². The van der Waals surface area contributed by atoms with Gasteiger partial charge >= 0.3 is 0 Å². The highest BCUT2D eigenvalue weighted by atomic mass is 35.5. The standard InChI is InChI=1S/C13H10Cl2FNS/c14-11-3-1-9(16)5-8(11)7-18-10-2-4-13(17)12(15)6-10/h1-6H,7,17H2. The Labute approximate surface area is 119 Å². The van der Waals surface area contributed by atoms with Crippen LogP contribution in [-0.4, -0.2) is 0 Å². The summed E-state index contributed by atoms with van der Waals surface area (Å²) in [5.74, 6) is 0.293. The molecule has 0 amide bonds. The summed E-state index contributed by atoms with van der Waals surface area (Å²) in [6.07, 6.45) is 0. The van der Waals surface area contributed by atoms with Crippen molar-refractivity contribution < 1.29 is 4.39 Å². The summed E-state index contributed by atoms with van der Waals surface area (Å²) in [5.41, 5.74) is 6.93. The number of hydrogen-bond donors (Lipinski definition) is 1. The molecular formula is C13H10Cl2FNS. The first-order valence-electron chi connectivity index (χ1n) is 5.18. The molecule has 0 atom stereocenters. The Balaban J connectivity index is 2.11. The van der Waals surface area contributed by atoms with E-state index in [1.54, 1.807) is 18.2 Å². The van der Waals surface area contributed by atoms with Crippen molar-refractivity contribution in [3.05, 3.63) is 57.8 Å². The maximum Gasteiger partial charge on any atom is 0.123 e. The zero-order valence-corrected chi connectivity index (χ0v) is 11.6. The largest absolute Gasteiger partial charge is 0.398 e. The average molecular weight is 302 g/mol. The molecule has 0 spiro atoms. The van der Waals surface area contributed by atoms with E-state index in [0.29, 0.717) is 21.5 Å². The van der Waals surface area contributed by atoms with Crippen molar-refractivity contribution in [2.75, 3.05) is 5.73 Å². The lowest BCUT2D eigenvalue weighted by molar-refractivity contribution is 0.626. The van der Waals surface area contributed by atoms with E-state index in [1.807, 2.05) is 6.07 Å². The molecule has 2 aromatic rings. The number of hydrogen-bond acceptors (Lipinski definition) is 2. The average Bonchev–Trinajstić information content (AvgIpc) is 2.34. The van der Waals surface area contributed by atoms with Gasteiger partial charge in [0.1, 0.15) is 5.82 Å². The molecule has 0 aliphatic rings. The molecule has 0 saturated heterocycles. The SMILES string of the molecule is Nc1ccc(SCc2cc(F)ccc2Cl)cc1Cl. The zero-order valence-electron chi connectivity index (χ0n) is 9.29. The van der Waals surface area contributed by atoms with Gasteiger partial charge in [-0.1, -0.05) is 23.2 Å². The van der Waals surface area contributed by atoms with Crippen molar-refractivity contribution >= 4 is 40.7 Å². The molecule has 2 rings (SSSR count). The first-order chi connectivity index (χ1) is 8.56. The highest BCUT2D eigenvalue weighted by Gasteiger charge is 2.04. The normalized spacial score (nSPS) is 10.6. The summed E-state index contributed by atoms with van der Waals surface area (Å²) in [4.78, 5) is 0.967. The molecule has 0 heterocycles. The monoisotopic (exact) mass is 301 g/mol. The molecule has 18 heavy (non-hydrogen) atoms. The van der Waals surface area contributed by atoms with E-state index in [2.05, 4.69) is 0 Å². The quantitative estimate of drug-likeness (QED) is 0.637. The fraction of sp³-hybridized carbons (Fsp3) is 0.0769. The molecule has 0 aromatic heterocycles. The Morgan fingerprint density at radius 2 is 1.83 bits per heavy atom. The molecule has 0 bridgehead atoms. The van der Waals surface area contributed by atoms with Crippen LogP contribution in [-0.2, 0) is 5.75 Å². The minimum absolute atomic E-state index is 0.287. The molecular weight excluding hydrogens is 292 g/mol. The first-order valence-corrected chi connectivity index (χ1v) is 6.92. The second kappa shape index (κ2) is 5.83. The fourth-order valence-electron chi connectivity index (χ4n) is 1.41. The van der Waals surface area contributed by atoms with Crippen molar-refractivity contribution in [1.29, 1.82) is 0 Å². The van der Waals surface area contributed by atoms with Gasteiger partial charge in [0.05, 0.1) is 10.7 Å². The topological polar surface area (TPSA) is 26.0 Å². The van der Waals surface area contributed by atoms with Crippen molar-refractivity contribution in [3.8, 4) is 0 Å². The van der Waals surface area contributed by atoms with Crippen molar-refractivity contribution in [2.24, 2.45) is 0 Å². The van der Waals surface area contributed by atoms with Crippen LogP contribution in [0.2, 0.25) is 10.0 Å². The van der Waals surface area contributed by atoms with Crippen LogP contribution >= 0.6 is 35.0 Å². The van der Waals surface area contributed by atoms with Gasteiger partial charge in [0, 0.05) is 15.7 Å². The van der Waals surface area contributed by atoms with Gasteiger partial charge in [0.2, 0.25) is 0 Å². The summed E-state index contributed by atoms with van der Waals surface area (Å²) >= 11 is 13.4. The fourth-order valence-corrected chi connectivity index (χ4v) is 2.85. The first kappa shape index (κ1) is 13.5. The molecule has 0 fully saturated rings. The second-order valence-electron chi connectivity index (χ2n) is 3.71. The lowest BCUT2D eigenvalue weighted by atomic mass is 10.2. The van der Waals surface area contributed by atoms with Gasteiger partial charge in [-0.25, -0.2) is 4.39 Å². The van der Waals surface area contributed by atoms with E-state index < -0.39 is 0 Å². The van der Waals surface area contributed by atoms with Crippen molar-refractivity contribution in [2.45, 2.75) is 10.6 Å². The Morgan fingerprint density at radius 3 is 2.56 bits per heavy atom. The number of nitrogens with two attached hydrogens (primary N) is 1. The van der Waals surface area contributed by atoms with Gasteiger partial charge in [-0.05, 0) is 42.0 Å². The van der Waals surface area contributed by atoms with Crippen LogP contribution in [0.3, 0.4) is 0 Å². The third kappa shape index (κ3) is 3.31. The van der Waals surface area contributed by atoms with Crippen LogP contribution in [0.4, 0.5) is 10.1 Å². The van der Waals surface area contributed by atoms with E-state index >= 15 is 0 Å². The van der Waals surface area contributed by atoms with Gasteiger partial charge in [-0.3, -0.25) is 0 Å². The third-order valence-electron chi connectivity index (χ3n) is 2.37. The summed E-state index contributed by atoms with van der Waals surface area (Å²) in [6.45, 7) is 0. The molecule has 0 unspecified atom stereocenters. The van der Waals surface area contributed by atoms with Crippen LogP contribution in [0.15, 0.2) is 41.3 Å². The number of thioether (sulfide) groups is 1. The lowest BCUT2D eigenvalue weighted by Crippen LogP contribution is -1.87. The van der Waals surface area contributed by atoms with Crippen LogP contribution < -0.4 is 5.73 Å². The highest BCUT2D eigenvalue weighted by molar-refractivity contribution is 7.98. The van der Waals surface area contributed by atoms with Crippen molar-refractivity contribution in [3.63, 3.8) is 0 Å². The summed E-state index contributed by atoms with van der Waals surface area (Å²) in [5, 5.41) is 1.08. The Morgan fingerprint density at radius 1 is 1.06 bits per heavy atom. The van der Waals surface area contributed by atoms with Gasteiger partial charge in [-0.15, -0.1) is 11.8 Å². The molecule has 0 aliphatic carbocycles. The second-order valence-corrected chi connectivity index (χ2v) is 5.57. The number of halogens is 3. The molecule has 2 aromatic carbocycles. The van der Waals surface area contributed by atoms with Gasteiger partial charge < -0.3 is 5.73 Å². The highest BCUT2D eigenvalue weighted by Crippen LogP contribution is 2.30. The molecule has 5 heteroatoms. The van der Waals surface area contributed by atoms with E-state index in [0.717, 1.165) is 10.5 Å². The van der Waals surface area contributed by atoms with E-state index in [9.17, 15) is 4.39 Å². The van der Waals surface area contributed by atoms with Crippen LogP contribution in [0.25, 0.3) is 0 Å². The van der Waals surface area contributed by atoms with Crippen molar-refractivity contribution in [1.82, 2.24) is 0 Å². The minimum Gasteiger partial charge on any atom is -0.398 e. The van der Waals surface area contributed by atoms with E-state index in [4.69, 9.17) is 28.9 Å². The molecule has 0 aliphatic heterocycles. The Kier molecular flexibility index (Phi) is 4.38. The summed E-state index contributed by atoms with van der Waals surface area (Å²) in [6, 6.07) is 9.75. The summed E-state index contributed by atoms with van der Waals surface area (Å²) < 4.78 is 13.1. The molecule has 1 nitrogen and oxygen atoms in total. The number of anilines is 1. The predicted molar refractivity (Wildman–Crippen MR) is 76.8 cm³/mol. The zero-order chi connectivity index (χ0) is 13.1. The number of rotatable bonds is 3. The van der Waals surface area contributed by atoms with Gasteiger partial charge in [0.25, 0.3) is 0 Å². The smallest absolute Gasteiger partial charge is 0.123 e. The maximum absolute atomic E-state index is 13.1. The van der Waals surface area contributed by atoms with Crippen LogP contribution in [0.5, 0.6) is 0 Å².